The van der Waals surface area contributed by atoms with Gasteiger partial charge in [0.2, 0.25) is 0 Å². The fraction of sp³-hybridized carbons (Fsp3) is 0.611. The topological polar surface area (TPSA) is 60.8 Å². The lowest BCUT2D eigenvalue weighted by molar-refractivity contribution is -0.161. The van der Waals surface area contributed by atoms with Crippen molar-refractivity contribution in [2.45, 2.75) is 50.3 Å². The van der Waals surface area contributed by atoms with Gasteiger partial charge >= 0.3 is 5.97 Å². The summed E-state index contributed by atoms with van der Waals surface area (Å²) < 4.78 is 0. The molecule has 1 aromatic rings. The van der Waals surface area contributed by atoms with Gasteiger partial charge < -0.3 is 15.1 Å². The maximum absolute atomic E-state index is 11.7. The van der Waals surface area contributed by atoms with Gasteiger partial charge in [0, 0.05) is 22.7 Å². The van der Waals surface area contributed by atoms with Crippen LogP contribution in [0.15, 0.2) is 24.3 Å². The smallest absolute Gasteiger partial charge is 0.309 e. The zero-order chi connectivity index (χ0) is 16.8. The molecule has 2 bridgehead atoms. The Kier molecular flexibility index (Phi) is 4.43. The summed E-state index contributed by atoms with van der Waals surface area (Å²) in [5.41, 5.74) is -0.891. The number of fused-ring (bicyclic) bond motifs is 2. The number of nitrogens with zero attached hydrogens (tertiary/aromatic N) is 1. The van der Waals surface area contributed by atoms with E-state index in [1.54, 1.807) is 25.1 Å². The Bertz CT molecular complexity index is 594. The summed E-state index contributed by atoms with van der Waals surface area (Å²) in [6.07, 6.45) is 3.87. The highest BCUT2D eigenvalue weighted by Gasteiger charge is 2.52. The van der Waals surface area contributed by atoms with Crippen molar-refractivity contribution in [1.82, 2.24) is 4.90 Å². The van der Waals surface area contributed by atoms with E-state index in [0.29, 0.717) is 22.7 Å². The molecule has 126 valence electrons. The first-order valence-corrected chi connectivity index (χ1v) is 8.65. The monoisotopic (exact) mass is 337 g/mol. The zero-order valence-corrected chi connectivity index (χ0v) is 14.3. The number of hydrogen-bond donors (Lipinski definition) is 2. The Morgan fingerprint density at radius 2 is 1.87 bits per heavy atom. The number of benzene rings is 1. The van der Waals surface area contributed by atoms with E-state index in [1.807, 2.05) is 6.07 Å². The lowest BCUT2D eigenvalue weighted by Crippen LogP contribution is -2.51. The first kappa shape index (κ1) is 16.7. The highest BCUT2D eigenvalue weighted by atomic mass is 35.5. The molecule has 2 heterocycles. The van der Waals surface area contributed by atoms with E-state index >= 15 is 0 Å². The fourth-order valence-electron chi connectivity index (χ4n) is 4.55. The van der Waals surface area contributed by atoms with Gasteiger partial charge in [-0.1, -0.05) is 29.8 Å². The average molecular weight is 338 g/mol. The lowest BCUT2D eigenvalue weighted by atomic mass is 9.68. The van der Waals surface area contributed by atoms with Crippen molar-refractivity contribution in [3.8, 4) is 0 Å². The number of aliphatic hydroxyl groups is 1. The Morgan fingerprint density at radius 1 is 1.30 bits per heavy atom. The summed E-state index contributed by atoms with van der Waals surface area (Å²) in [4.78, 5) is 14.1. The molecular formula is C18H24ClNO3. The molecule has 4 unspecified atom stereocenters. The normalized spacial score (nSPS) is 31.6. The summed E-state index contributed by atoms with van der Waals surface area (Å²) >= 11 is 6.33. The van der Waals surface area contributed by atoms with Crippen molar-refractivity contribution in [2.24, 2.45) is 11.8 Å². The van der Waals surface area contributed by atoms with Crippen LogP contribution in [0.3, 0.4) is 0 Å². The molecule has 2 aliphatic rings. The van der Waals surface area contributed by atoms with Crippen molar-refractivity contribution in [3.05, 3.63) is 34.9 Å². The van der Waals surface area contributed by atoms with E-state index in [4.69, 9.17) is 11.6 Å². The van der Waals surface area contributed by atoms with Crippen LogP contribution in [0.4, 0.5) is 0 Å². The number of carboxylic acids is 1. The molecule has 0 radical (unpaired) electrons. The van der Waals surface area contributed by atoms with Crippen LogP contribution in [-0.2, 0) is 10.4 Å². The summed E-state index contributed by atoms with van der Waals surface area (Å²) in [6, 6.07) is 7.95. The second-order valence-electron chi connectivity index (χ2n) is 7.08. The quantitative estimate of drug-likeness (QED) is 0.886. The van der Waals surface area contributed by atoms with E-state index in [0.717, 1.165) is 25.7 Å². The molecule has 2 aliphatic heterocycles. The molecule has 2 N–H and O–H groups in total. The van der Waals surface area contributed by atoms with Crippen LogP contribution < -0.4 is 0 Å². The fourth-order valence-corrected chi connectivity index (χ4v) is 4.84. The minimum Gasteiger partial charge on any atom is -0.481 e. The van der Waals surface area contributed by atoms with Crippen LogP contribution in [0.25, 0.3) is 0 Å². The van der Waals surface area contributed by atoms with Crippen LogP contribution in [0, 0.1) is 11.8 Å². The molecule has 3 rings (SSSR count). The summed E-state index contributed by atoms with van der Waals surface area (Å²) in [7, 11) is 2.13. The molecule has 1 aromatic carbocycles. The number of hydrogen-bond acceptors (Lipinski definition) is 3. The van der Waals surface area contributed by atoms with Gasteiger partial charge in [-0.25, -0.2) is 0 Å². The van der Waals surface area contributed by atoms with E-state index in [2.05, 4.69) is 11.9 Å². The second-order valence-corrected chi connectivity index (χ2v) is 7.49. The Morgan fingerprint density at radius 3 is 2.39 bits per heavy atom. The summed E-state index contributed by atoms with van der Waals surface area (Å²) in [5.74, 6) is -1.99. The van der Waals surface area contributed by atoms with Gasteiger partial charge in [0.15, 0.2) is 0 Å². The first-order chi connectivity index (χ1) is 10.9. The molecule has 5 heteroatoms. The van der Waals surface area contributed by atoms with E-state index in [9.17, 15) is 15.0 Å². The van der Waals surface area contributed by atoms with Crippen molar-refractivity contribution in [3.63, 3.8) is 0 Å². The van der Waals surface area contributed by atoms with Gasteiger partial charge in [-0.3, -0.25) is 4.79 Å². The molecule has 0 aliphatic carbocycles. The number of carboxylic acid groups (broad SMARTS) is 1. The highest BCUT2D eigenvalue weighted by molar-refractivity contribution is 6.31. The van der Waals surface area contributed by atoms with Crippen molar-refractivity contribution in [1.29, 1.82) is 0 Å². The zero-order valence-electron chi connectivity index (χ0n) is 13.6. The Balaban J connectivity index is 2.03. The Hall–Kier alpha value is -1.10. The van der Waals surface area contributed by atoms with Gasteiger partial charge in [-0.05, 0) is 51.6 Å². The molecule has 0 aromatic heterocycles. The highest BCUT2D eigenvalue weighted by Crippen LogP contribution is 2.49. The van der Waals surface area contributed by atoms with E-state index in [1.165, 1.54) is 0 Å². The van der Waals surface area contributed by atoms with Crippen LogP contribution >= 0.6 is 11.6 Å². The standard InChI is InChI=1S/C18H24ClNO3/c1-11(17(21)22)18(23,15-5-3-4-6-16(15)19)12-9-13-7-8-14(10-12)20(13)2/h3-6,11-14,23H,7-10H2,1-2H3,(H,21,22)/t11?,12?,13-,14?,18?/m0/s1. The second kappa shape index (κ2) is 6.08. The largest absolute Gasteiger partial charge is 0.481 e. The van der Waals surface area contributed by atoms with Crippen LogP contribution in [0.2, 0.25) is 5.02 Å². The maximum Gasteiger partial charge on any atom is 0.309 e. The third-order valence-electron chi connectivity index (χ3n) is 6.06. The molecule has 0 amide bonds. The molecule has 5 atom stereocenters. The maximum atomic E-state index is 11.7. The minimum atomic E-state index is -1.44. The van der Waals surface area contributed by atoms with Crippen molar-refractivity contribution in [2.75, 3.05) is 7.05 Å². The molecule has 0 saturated carbocycles. The number of rotatable bonds is 4. The van der Waals surface area contributed by atoms with Crippen molar-refractivity contribution < 1.29 is 15.0 Å². The van der Waals surface area contributed by atoms with Gasteiger partial charge in [-0.15, -0.1) is 0 Å². The third-order valence-corrected chi connectivity index (χ3v) is 6.39. The van der Waals surface area contributed by atoms with Crippen molar-refractivity contribution >= 4 is 17.6 Å². The molecule has 4 nitrogen and oxygen atoms in total. The molecule has 2 fully saturated rings. The molecule has 0 spiro atoms. The lowest BCUT2D eigenvalue weighted by Gasteiger charge is -2.46. The van der Waals surface area contributed by atoms with Gasteiger partial charge in [0.1, 0.15) is 5.60 Å². The number of aliphatic carboxylic acids is 1. The van der Waals surface area contributed by atoms with E-state index in [-0.39, 0.29) is 5.92 Å². The van der Waals surface area contributed by atoms with Crippen LogP contribution in [-0.4, -0.2) is 40.2 Å². The van der Waals surface area contributed by atoms with E-state index < -0.39 is 17.5 Å². The minimum absolute atomic E-state index is 0.0952. The first-order valence-electron chi connectivity index (χ1n) is 8.27. The Labute approximate surface area is 142 Å². The van der Waals surface area contributed by atoms with Gasteiger partial charge in [0.25, 0.3) is 0 Å². The number of piperidine rings is 1. The predicted octanol–water partition coefficient (Wildman–Crippen LogP) is 3.12. The average Bonchev–Trinajstić information content (AvgIpc) is 2.75. The predicted molar refractivity (Wildman–Crippen MR) is 89.4 cm³/mol. The summed E-state index contributed by atoms with van der Waals surface area (Å²) in [5, 5.41) is 21.6. The third kappa shape index (κ3) is 2.67. The SMILES string of the molecule is CC(C(=O)O)C(O)(c1ccccc1Cl)C1CC2CC[C@@H](C1)N2C. The molecule has 2 saturated heterocycles. The molecule has 23 heavy (non-hydrogen) atoms. The molecular weight excluding hydrogens is 314 g/mol. The summed E-state index contributed by atoms with van der Waals surface area (Å²) in [6.45, 7) is 1.59. The van der Waals surface area contributed by atoms with Gasteiger partial charge in [-0.2, -0.15) is 0 Å². The van der Waals surface area contributed by atoms with Crippen LogP contribution in [0.1, 0.15) is 38.2 Å². The van der Waals surface area contributed by atoms with Crippen LogP contribution in [0.5, 0.6) is 0 Å². The van der Waals surface area contributed by atoms with Gasteiger partial charge in [0.05, 0.1) is 5.92 Å². The number of carbonyl (C=O) groups is 1. The number of halogens is 1.